The van der Waals surface area contributed by atoms with Gasteiger partial charge >= 0.3 is 0 Å². The van der Waals surface area contributed by atoms with Crippen LogP contribution in [-0.2, 0) is 4.79 Å². The first-order chi connectivity index (χ1) is 11.6. The Labute approximate surface area is 149 Å². The van der Waals surface area contributed by atoms with Crippen molar-refractivity contribution in [2.24, 2.45) is 0 Å². The highest BCUT2D eigenvalue weighted by Crippen LogP contribution is 2.32. The minimum Gasteiger partial charge on any atom is -0.486 e. The maximum atomic E-state index is 11.9. The van der Waals surface area contributed by atoms with Gasteiger partial charge in [-0.2, -0.15) is 0 Å². The molecule has 1 unspecified atom stereocenters. The molecule has 1 amide bonds. The van der Waals surface area contributed by atoms with Crippen LogP contribution in [0.25, 0.3) is 0 Å². The number of para-hydroxylation sites is 2. The molecular weight excluding hydrogens is 353 g/mol. The molecule has 1 aliphatic rings. The third-order valence-corrected chi connectivity index (χ3v) is 4.17. The van der Waals surface area contributed by atoms with Gasteiger partial charge in [0.2, 0.25) is 0 Å². The second-order valence-corrected chi connectivity index (χ2v) is 5.93. The predicted molar refractivity (Wildman–Crippen MR) is 91.3 cm³/mol. The zero-order chi connectivity index (χ0) is 16.9. The Morgan fingerprint density at radius 2 is 1.96 bits per heavy atom. The van der Waals surface area contributed by atoms with E-state index in [4.69, 9.17) is 37.4 Å². The van der Waals surface area contributed by atoms with Crippen LogP contribution in [0.2, 0.25) is 10.0 Å². The number of carbonyl (C=O) groups is 1. The van der Waals surface area contributed by atoms with Gasteiger partial charge in [-0.1, -0.05) is 41.4 Å². The molecule has 0 bridgehead atoms. The third kappa shape index (κ3) is 4.04. The van der Waals surface area contributed by atoms with Crippen LogP contribution in [0.5, 0.6) is 17.2 Å². The zero-order valence-electron chi connectivity index (χ0n) is 12.6. The van der Waals surface area contributed by atoms with Crippen LogP contribution in [0.15, 0.2) is 42.5 Å². The fourth-order valence-electron chi connectivity index (χ4n) is 2.18. The van der Waals surface area contributed by atoms with Gasteiger partial charge in [0.05, 0.1) is 11.6 Å². The van der Waals surface area contributed by atoms with E-state index in [-0.39, 0.29) is 23.6 Å². The highest BCUT2D eigenvalue weighted by atomic mass is 35.5. The van der Waals surface area contributed by atoms with Gasteiger partial charge in [-0.25, -0.2) is 0 Å². The number of hydrogen-bond donors (Lipinski definition) is 1. The molecule has 3 rings (SSSR count). The van der Waals surface area contributed by atoms with Crippen molar-refractivity contribution in [3.05, 3.63) is 52.5 Å². The fourth-order valence-corrected chi connectivity index (χ4v) is 2.53. The quantitative estimate of drug-likeness (QED) is 0.880. The standard InChI is InChI=1S/C17H15Cl2NO4/c18-12-4-3-7-15(17(12)19)23-10-16(21)20-8-11-9-22-13-5-1-2-6-14(13)24-11/h1-7,11H,8-10H2,(H,20,21). The Bertz CT molecular complexity index is 738. The van der Waals surface area contributed by atoms with Gasteiger partial charge in [0.15, 0.2) is 18.1 Å². The highest BCUT2D eigenvalue weighted by molar-refractivity contribution is 6.42. The van der Waals surface area contributed by atoms with E-state index in [1.165, 1.54) is 0 Å². The molecule has 0 spiro atoms. The molecule has 0 fully saturated rings. The Balaban J connectivity index is 1.46. The Hall–Kier alpha value is -2.11. The molecule has 0 aromatic heterocycles. The molecule has 0 aliphatic carbocycles. The van der Waals surface area contributed by atoms with Crippen LogP contribution >= 0.6 is 23.2 Å². The van der Waals surface area contributed by atoms with Crippen LogP contribution in [-0.4, -0.2) is 31.8 Å². The van der Waals surface area contributed by atoms with E-state index in [0.29, 0.717) is 35.4 Å². The van der Waals surface area contributed by atoms with Gasteiger partial charge < -0.3 is 19.5 Å². The number of fused-ring (bicyclic) bond motifs is 1. The van der Waals surface area contributed by atoms with Gasteiger partial charge in [0.1, 0.15) is 23.5 Å². The summed E-state index contributed by atoms with van der Waals surface area (Å²) in [4.78, 5) is 11.9. The Morgan fingerprint density at radius 1 is 1.17 bits per heavy atom. The van der Waals surface area contributed by atoms with Crippen LogP contribution in [0.3, 0.4) is 0 Å². The Kier molecular flexibility index (Phi) is 5.33. The summed E-state index contributed by atoms with van der Waals surface area (Å²) in [5.41, 5.74) is 0. The lowest BCUT2D eigenvalue weighted by molar-refractivity contribution is -0.123. The molecule has 1 atom stereocenters. The van der Waals surface area contributed by atoms with Crippen molar-refractivity contribution in [1.29, 1.82) is 0 Å². The predicted octanol–water partition coefficient (Wildman–Crippen LogP) is 3.33. The second kappa shape index (κ2) is 7.64. The number of benzene rings is 2. The van der Waals surface area contributed by atoms with Crippen molar-refractivity contribution in [2.45, 2.75) is 6.10 Å². The largest absolute Gasteiger partial charge is 0.486 e. The Morgan fingerprint density at radius 3 is 2.79 bits per heavy atom. The van der Waals surface area contributed by atoms with Crippen LogP contribution in [0.1, 0.15) is 0 Å². The normalized spacial score (nSPS) is 15.7. The minimum atomic E-state index is -0.284. The molecule has 1 aliphatic heterocycles. The van der Waals surface area contributed by atoms with Crippen LogP contribution in [0.4, 0.5) is 0 Å². The van der Waals surface area contributed by atoms with Crippen molar-refractivity contribution in [3.63, 3.8) is 0 Å². The zero-order valence-corrected chi connectivity index (χ0v) is 14.1. The topological polar surface area (TPSA) is 56.8 Å². The average Bonchev–Trinajstić information content (AvgIpc) is 2.61. The molecule has 24 heavy (non-hydrogen) atoms. The minimum absolute atomic E-state index is 0.162. The number of ether oxygens (including phenoxy) is 3. The molecule has 0 saturated carbocycles. The molecule has 1 N–H and O–H groups in total. The smallest absolute Gasteiger partial charge is 0.258 e. The SMILES string of the molecule is O=C(COc1cccc(Cl)c1Cl)NCC1COc2ccccc2O1. The summed E-state index contributed by atoms with van der Waals surface area (Å²) in [5, 5.41) is 3.40. The van der Waals surface area contributed by atoms with E-state index in [1.54, 1.807) is 18.2 Å². The van der Waals surface area contributed by atoms with Gasteiger partial charge in [-0.05, 0) is 24.3 Å². The molecule has 7 heteroatoms. The van der Waals surface area contributed by atoms with E-state index in [1.807, 2.05) is 24.3 Å². The molecule has 0 saturated heterocycles. The molecule has 126 valence electrons. The monoisotopic (exact) mass is 367 g/mol. The average molecular weight is 368 g/mol. The summed E-state index contributed by atoms with van der Waals surface area (Å²) < 4.78 is 16.7. The lowest BCUT2D eigenvalue weighted by Crippen LogP contribution is -2.42. The van der Waals surface area contributed by atoms with Gasteiger partial charge in [-0.15, -0.1) is 0 Å². The van der Waals surface area contributed by atoms with E-state index in [2.05, 4.69) is 5.32 Å². The third-order valence-electron chi connectivity index (χ3n) is 3.37. The lowest BCUT2D eigenvalue weighted by atomic mass is 10.2. The highest BCUT2D eigenvalue weighted by Gasteiger charge is 2.21. The van der Waals surface area contributed by atoms with Crippen molar-refractivity contribution in [3.8, 4) is 17.2 Å². The number of hydrogen-bond acceptors (Lipinski definition) is 4. The summed E-state index contributed by atoms with van der Waals surface area (Å²) in [6, 6.07) is 12.4. The summed E-state index contributed by atoms with van der Waals surface area (Å²) in [7, 11) is 0. The van der Waals surface area contributed by atoms with Crippen LogP contribution in [0, 0.1) is 0 Å². The van der Waals surface area contributed by atoms with Gasteiger partial charge in [-0.3, -0.25) is 4.79 Å². The van der Waals surface area contributed by atoms with E-state index in [9.17, 15) is 4.79 Å². The maximum absolute atomic E-state index is 11.9. The van der Waals surface area contributed by atoms with Crippen molar-refractivity contribution >= 4 is 29.1 Å². The van der Waals surface area contributed by atoms with Gasteiger partial charge in [0.25, 0.3) is 5.91 Å². The maximum Gasteiger partial charge on any atom is 0.258 e. The molecule has 2 aromatic carbocycles. The summed E-state index contributed by atoms with van der Waals surface area (Å²) in [5.74, 6) is 1.46. The molecule has 0 radical (unpaired) electrons. The first-order valence-corrected chi connectivity index (χ1v) is 8.11. The number of rotatable bonds is 5. The van der Waals surface area contributed by atoms with E-state index < -0.39 is 0 Å². The summed E-state index contributed by atoms with van der Waals surface area (Å²) >= 11 is 11.9. The molecule has 1 heterocycles. The number of halogens is 2. The molecular formula is C17H15Cl2NO4. The molecule has 5 nitrogen and oxygen atoms in total. The summed E-state index contributed by atoms with van der Waals surface area (Å²) in [6.45, 7) is 0.530. The van der Waals surface area contributed by atoms with E-state index >= 15 is 0 Å². The number of carbonyl (C=O) groups excluding carboxylic acids is 1. The van der Waals surface area contributed by atoms with Crippen molar-refractivity contribution in [2.75, 3.05) is 19.8 Å². The van der Waals surface area contributed by atoms with E-state index in [0.717, 1.165) is 0 Å². The van der Waals surface area contributed by atoms with Crippen molar-refractivity contribution in [1.82, 2.24) is 5.32 Å². The first-order valence-electron chi connectivity index (χ1n) is 7.35. The fraction of sp³-hybridized carbons (Fsp3) is 0.235. The lowest BCUT2D eigenvalue weighted by Gasteiger charge is -2.26. The number of nitrogens with one attached hydrogen (secondary N) is 1. The second-order valence-electron chi connectivity index (χ2n) is 5.14. The van der Waals surface area contributed by atoms with Gasteiger partial charge in [0, 0.05) is 0 Å². The van der Waals surface area contributed by atoms with Crippen molar-refractivity contribution < 1.29 is 19.0 Å². The molecule has 2 aromatic rings. The van der Waals surface area contributed by atoms with Crippen LogP contribution < -0.4 is 19.5 Å². The number of amides is 1. The summed E-state index contributed by atoms with van der Waals surface area (Å²) in [6.07, 6.45) is -0.251. The first kappa shape index (κ1) is 16.7.